The molecule has 6 nitrogen and oxygen atoms in total. The van der Waals surface area contributed by atoms with E-state index in [0.717, 1.165) is 34.3 Å². The predicted octanol–water partition coefficient (Wildman–Crippen LogP) is 3.75. The largest absolute Gasteiger partial charge is 0.487 e. The van der Waals surface area contributed by atoms with Gasteiger partial charge in [0.25, 0.3) is 0 Å². The van der Waals surface area contributed by atoms with E-state index in [9.17, 15) is 9.59 Å². The van der Waals surface area contributed by atoms with Crippen LogP contribution in [0.1, 0.15) is 30.1 Å². The molecule has 6 heteroatoms. The van der Waals surface area contributed by atoms with Gasteiger partial charge in [-0.2, -0.15) is 0 Å². The number of ether oxygens (including phenoxy) is 1. The first-order valence-electron chi connectivity index (χ1n) is 10.1. The number of para-hydroxylation sites is 1. The van der Waals surface area contributed by atoms with E-state index in [1.807, 2.05) is 60.7 Å². The number of carbonyl (C=O) groups is 2. The van der Waals surface area contributed by atoms with Crippen LogP contribution in [0, 0.1) is 11.8 Å². The Morgan fingerprint density at radius 3 is 2.63 bits per heavy atom. The summed E-state index contributed by atoms with van der Waals surface area (Å²) >= 11 is 0. The molecule has 1 aliphatic heterocycles. The minimum Gasteiger partial charge on any atom is -0.487 e. The number of aldehydes is 1. The number of nitrogens with one attached hydrogen (secondary N) is 1. The number of fused-ring (bicyclic) bond motifs is 1. The Kier molecular flexibility index (Phi) is 6.05. The molecule has 1 aromatic heterocycles. The lowest BCUT2D eigenvalue weighted by atomic mass is 9.83. The van der Waals surface area contributed by atoms with Gasteiger partial charge in [0.05, 0.1) is 11.2 Å². The molecular formula is C24H24N2O4. The summed E-state index contributed by atoms with van der Waals surface area (Å²) in [6.45, 7) is 0.919. The summed E-state index contributed by atoms with van der Waals surface area (Å²) < 4.78 is 5.89. The van der Waals surface area contributed by atoms with Gasteiger partial charge in [-0.25, -0.2) is 4.98 Å². The zero-order chi connectivity index (χ0) is 20.9. The third kappa shape index (κ3) is 4.49. The number of aromatic nitrogens is 1. The summed E-state index contributed by atoms with van der Waals surface area (Å²) in [5.74, 6) is -1.36. The third-order valence-electron chi connectivity index (χ3n) is 5.72. The highest BCUT2D eigenvalue weighted by atomic mass is 16.5. The monoisotopic (exact) mass is 404 g/mol. The van der Waals surface area contributed by atoms with Crippen molar-refractivity contribution in [3.05, 3.63) is 71.9 Å². The van der Waals surface area contributed by atoms with E-state index in [1.54, 1.807) is 0 Å². The second-order valence-electron chi connectivity index (χ2n) is 7.65. The van der Waals surface area contributed by atoms with E-state index >= 15 is 0 Å². The molecule has 154 valence electrons. The van der Waals surface area contributed by atoms with Crippen LogP contribution in [-0.4, -0.2) is 28.9 Å². The Morgan fingerprint density at radius 1 is 1.13 bits per heavy atom. The number of carboxylic acid groups (broad SMARTS) is 1. The summed E-state index contributed by atoms with van der Waals surface area (Å²) in [6.07, 6.45) is 2.05. The molecular weight excluding hydrogens is 380 g/mol. The molecule has 0 radical (unpaired) electrons. The number of pyridine rings is 1. The standard InChI is InChI=1S/C24H24N2O4/c27-14-21(24(28)29)18-8-12-22(25-13-18)17-6-10-20(11-7-17)30-15-19-9-5-16-3-1-2-4-23(16)26-19/h1-7,9-11,14,18,21-22,25H,8,12-13,15H2,(H,28,29). The van der Waals surface area contributed by atoms with Gasteiger partial charge >= 0.3 is 5.97 Å². The number of hydrogen-bond donors (Lipinski definition) is 2. The lowest BCUT2D eigenvalue weighted by Gasteiger charge is -2.31. The highest BCUT2D eigenvalue weighted by Crippen LogP contribution is 2.30. The van der Waals surface area contributed by atoms with Crippen LogP contribution in [0.15, 0.2) is 60.7 Å². The van der Waals surface area contributed by atoms with Gasteiger partial charge in [0, 0.05) is 11.4 Å². The maximum absolute atomic E-state index is 11.2. The van der Waals surface area contributed by atoms with Crippen molar-refractivity contribution in [1.82, 2.24) is 10.3 Å². The summed E-state index contributed by atoms with van der Waals surface area (Å²) in [5.41, 5.74) is 2.96. The Morgan fingerprint density at radius 2 is 1.93 bits per heavy atom. The van der Waals surface area contributed by atoms with Crippen LogP contribution in [0.3, 0.4) is 0 Å². The summed E-state index contributed by atoms with van der Waals surface area (Å²) in [7, 11) is 0. The van der Waals surface area contributed by atoms with Gasteiger partial charge in [0.2, 0.25) is 0 Å². The zero-order valence-corrected chi connectivity index (χ0v) is 16.5. The van der Waals surface area contributed by atoms with Crippen LogP contribution >= 0.6 is 0 Å². The molecule has 2 N–H and O–H groups in total. The number of aliphatic carboxylic acids is 1. The van der Waals surface area contributed by atoms with E-state index in [2.05, 4.69) is 10.3 Å². The molecule has 30 heavy (non-hydrogen) atoms. The molecule has 0 amide bonds. The van der Waals surface area contributed by atoms with E-state index in [0.29, 0.717) is 25.9 Å². The number of nitrogens with zero attached hydrogens (tertiary/aromatic N) is 1. The van der Waals surface area contributed by atoms with E-state index < -0.39 is 11.9 Å². The van der Waals surface area contributed by atoms with Crippen molar-refractivity contribution in [2.45, 2.75) is 25.5 Å². The molecule has 2 aromatic carbocycles. The Balaban J connectivity index is 1.33. The van der Waals surface area contributed by atoms with Crippen molar-refractivity contribution in [2.75, 3.05) is 6.54 Å². The fourth-order valence-corrected chi connectivity index (χ4v) is 3.98. The van der Waals surface area contributed by atoms with Crippen LogP contribution in [0.2, 0.25) is 0 Å². The average Bonchev–Trinajstić information content (AvgIpc) is 2.79. The van der Waals surface area contributed by atoms with Gasteiger partial charge < -0.3 is 20.0 Å². The lowest BCUT2D eigenvalue weighted by molar-refractivity contribution is -0.146. The quantitative estimate of drug-likeness (QED) is 0.461. The van der Waals surface area contributed by atoms with Crippen molar-refractivity contribution in [3.8, 4) is 5.75 Å². The summed E-state index contributed by atoms with van der Waals surface area (Å²) in [5, 5.41) is 13.6. The SMILES string of the molecule is O=CC(C(=O)O)C1CCC(c2ccc(OCc3ccc4ccccc4n3)cc2)NC1. The Labute approximate surface area is 174 Å². The second kappa shape index (κ2) is 9.05. The molecule has 1 saturated heterocycles. The van der Waals surface area contributed by atoms with Crippen molar-refractivity contribution in [3.63, 3.8) is 0 Å². The third-order valence-corrected chi connectivity index (χ3v) is 5.72. The molecule has 4 rings (SSSR count). The molecule has 0 spiro atoms. The highest BCUT2D eigenvalue weighted by Gasteiger charge is 2.31. The Bertz CT molecular complexity index is 1030. The smallest absolute Gasteiger partial charge is 0.314 e. The maximum atomic E-state index is 11.2. The first-order valence-corrected chi connectivity index (χ1v) is 10.1. The van der Waals surface area contributed by atoms with Crippen LogP contribution in [0.4, 0.5) is 0 Å². The molecule has 2 heterocycles. The van der Waals surface area contributed by atoms with Crippen LogP contribution in [0.5, 0.6) is 5.75 Å². The number of rotatable bonds is 7. The van der Waals surface area contributed by atoms with Gasteiger partial charge in [0.15, 0.2) is 0 Å². The van der Waals surface area contributed by atoms with E-state index in [4.69, 9.17) is 9.84 Å². The number of carbonyl (C=O) groups excluding carboxylic acids is 1. The summed E-state index contributed by atoms with van der Waals surface area (Å²) in [4.78, 5) is 26.8. The van der Waals surface area contributed by atoms with Crippen LogP contribution in [0.25, 0.3) is 10.9 Å². The fourth-order valence-electron chi connectivity index (χ4n) is 3.98. The van der Waals surface area contributed by atoms with Gasteiger partial charge in [-0.3, -0.25) is 4.79 Å². The van der Waals surface area contributed by atoms with Crippen LogP contribution < -0.4 is 10.1 Å². The number of piperidine rings is 1. The number of benzene rings is 2. The minimum atomic E-state index is -1.04. The highest BCUT2D eigenvalue weighted by molar-refractivity contribution is 5.86. The van der Waals surface area contributed by atoms with Crippen molar-refractivity contribution >= 4 is 23.2 Å². The second-order valence-corrected chi connectivity index (χ2v) is 7.65. The average molecular weight is 404 g/mol. The lowest BCUT2D eigenvalue weighted by Crippen LogP contribution is -2.39. The molecule has 0 aliphatic carbocycles. The molecule has 3 atom stereocenters. The molecule has 1 aliphatic rings. The normalized spacial score (nSPS) is 19.9. The maximum Gasteiger partial charge on any atom is 0.314 e. The predicted molar refractivity (Wildman–Crippen MR) is 113 cm³/mol. The van der Waals surface area contributed by atoms with Crippen molar-refractivity contribution in [1.29, 1.82) is 0 Å². The van der Waals surface area contributed by atoms with Crippen molar-refractivity contribution in [2.24, 2.45) is 11.8 Å². The summed E-state index contributed by atoms with van der Waals surface area (Å²) in [6, 6.07) is 20.1. The van der Waals surface area contributed by atoms with Gasteiger partial charge in [-0.1, -0.05) is 36.4 Å². The first-order chi connectivity index (χ1) is 14.6. The van der Waals surface area contributed by atoms with Gasteiger partial charge in [-0.05, 0) is 55.1 Å². The van der Waals surface area contributed by atoms with Crippen LogP contribution in [-0.2, 0) is 16.2 Å². The molecule has 0 bridgehead atoms. The fraction of sp³-hybridized carbons (Fsp3) is 0.292. The minimum absolute atomic E-state index is 0.151. The van der Waals surface area contributed by atoms with E-state index in [-0.39, 0.29) is 12.0 Å². The van der Waals surface area contributed by atoms with E-state index in [1.165, 1.54) is 0 Å². The van der Waals surface area contributed by atoms with Gasteiger partial charge in [0.1, 0.15) is 24.6 Å². The van der Waals surface area contributed by atoms with Crippen molar-refractivity contribution < 1.29 is 19.4 Å². The van der Waals surface area contributed by atoms with Gasteiger partial charge in [-0.15, -0.1) is 0 Å². The number of carboxylic acids is 1. The zero-order valence-electron chi connectivity index (χ0n) is 16.5. The molecule has 0 saturated carbocycles. The molecule has 3 aromatic rings. The number of hydrogen-bond acceptors (Lipinski definition) is 5. The Hall–Kier alpha value is -3.25. The molecule has 1 fully saturated rings. The first kappa shape index (κ1) is 20.0. The topological polar surface area (TPSA) is 88.5 Å². The molecule has 3 unspecified atom stereocenters.